The molecule has 126 valence electrons. The summed E-state index contributed by atoms with van der Waals surface area (Å²) in [5.74, 6) is -0.698. The van der Waals surface area contributed by atoms with E-state index >= 15 is 0 Å². The quantitative estimate of drug-likeness (QED) is 0.748. The van der Waals surface area contributed by atoms with Crippen LogP contribution >= 0.6 is 0 Å². The number of para-hydroxylation sites is 2. The molecule has 0 saturated carbocycles. The number of amides is 1. The molecule has 0 fully saturated rings. The number of H-pyrrole nitrogens is 1. The number of rotatable bonds is 3. The fraction of sp³-hybridized carbons (Fsp3) is 0.200. The number of esters is 1. The van der Waals surface area contributed by atoms with E-state index in [1.54, 1.807) is 11.1 Å². The van der Waals surface area contributed by atoms with E-state index in [1.165, 1.54) is 0 Å². The first-order chi connectivity index (χ1) is 12.1. The second kappa shape index (κ2) is 6.09. The average Bonchev–Trinajstić information content (AvgIpc) is 3.19. The van der Waals surface area contributed by atoms with Crippen LogP contribution in [0.4, 0.5) is 5.69 Å². The Labute approximate surface area is 145 Å². The summed E-state index contributed by atoms with van der Waals surface area (Å²) >= 11 is 0. The lowest BCUT2D eigenvalue weighted by molar-refractivity contribution is -0.122. The van der Waals surface area contributed by atoms with Gasteiger partial charge in [-0.15, -0.1) is 0 Å². The first kappa shape index (κ1) is 15.4. The Morgan fingerprint density at radius 2 is 1.92 bits per heavy atom. The van der Waals surface area contributed by atoms with Crippen LogP contribution in [0.5, 0.6) is 0 Å². The van der Waals surface area contributed by atoms with Crippen molar-refractivity contribution in [2.24, 2.45) is 0 Å². The molecule has 1 aromatic heterocycles. The molecule has 3 aromatic rings. The van der Waals surface area contributed by atoms with Gasteiger partial charge in [0.25, 0.3) is 5.91 Å². The van der Waals surface area contributed by atoms with Crippen LogP contribution in [-0.2, 0) is 16.0 Å². The van der Waals surface area contributed by atoms with Crippen LogP contribution in [0.3, 0.4) is 0 Å². The normalized spacial score (nSPS) is 16.0. The van der Waals surface area contributed by atoms with Crippen LogP contribution in [0, 0.1) is 0 Å². The largest absolute Gasteiger partial charge is 0.452 e. The van der Waals surface area contributed by atoms with Crippen molar-refractivity contribution in [2.45, 2.75) is 19.4 Å². The van der Waals surface area contributed by atoms with Crippen LogP contribution in [0.1, 0.15) is 22.8 Å². The maximum absolute atomic E-state index is 12.6. The van der Waals surface area contributed by atoms with Crippen molar-refractivity contribution in [1.82, 2.24) is 4.98 Å². The van der Waals surface area contributed by atoms with Crippen molar-refractivity contribution in [1.29, 1.82) is 0 Å². The predicted octanol–water partition coefficient (Wildman–Crippen LogP) is 3.30. The second-order valence-electron chi connectivity index (χ2n) is 6.27. The molecule has 1 atom stereocenters. The summed E-state index contributed by atoms with van der Waals surface area (Å²) in [6, 6.07) is 15.4. The summed E-state index contributed by atoms with van der Waals surface area (Å²) in [7, 11) is 0. The molecule has 1 aliphatic rings. The highest BCUT2D eigenvalue weighted by Crippen LogP contribution is 2.31. The van der Waals surface area contributed by atoms with Crippen LogP contribution in [0.15, 0.2) is 54.7 Å². The number of nitrogens with one attached hydrogen (secondary N) is 1. The highest BCUT2D eigenvalue weighted by atomic mass is 16.5. The number of hydrogen-bond donors (Lipinski definition) is 1. The van der Waals surface area contributed by atoms with Gasteiger partial charge in [0, 0.05) is 28.8 Å². The number of nitrogens with zero attached hydrogens (tertiary/aromatic N) is 1. The van der Waals surface area contributed by atoms with Crippen LogP contribution in [-0.4, -0.2) is 29.5 Å². The highest BCUT2D eigenvalue weighted by molar-refractivity contribution is 6.05. The third-order valence-electron chi connectivity index (χ3n) is 4.61. The highest BCUT2D eigenvalue weighted by Gasteiger charge is 2.31. The molecule has 2 heterocycles. The molecule has 1 amide bonds. The number of benzene rings is 2. The fourth-order valence-electron chi connectivity index (χ4n) is 3.46. The zero-order valence-electron chi connectivity index (χ0n) is 13.9. The second-order valence-corrected chi connectivity index (χ2v) is 6.27. The standard InChI is InChI=1S/C20H18N2O3/c1-13-10-14-6-2-5-9-18(14)22(13)19(23)12-25-20(24)16-11-21-17-8-4-3-7-15(16)17/h2-9,11,13,21H,10,12H2,1H3/t13-/m0/s1. The van der Waals surface area contributed by atoms with Crippen molar-refractivity contribution in [3.05, 3.63) is 65.9 Å². The van der Waals surface area contributed by atoms with E-state index in [9.17, 15) is 9.59 Å². The smallest absolute Gasteiger partial charge is 0.340 e. The van der Waals surface area contributed by atoms with Gasteiger partial charge in [-0.2, -0.15) is 0 Å². The van der Waals surface area contributed by atoms with Crippen LogP contribution < -0.4 is 4.90 Å². The maximum atomic E-state index is 12.6. The number of anilines is 1. The van der Waals surface area contributed by atoms with Crippen LogP contribution in [0.2, 0.25) is 0 Å². The Bertz CT molecular complexity index is 960. The molecule has 0 bridgehead atoms. The number of fused-ring (bicyclic) bond motifs is 2. The molecule has 25 heavy (non-hydrogen) atoms. The minimum Gasteiger partial charge on any atom is -0.452 e. The summed E-state index contributed by atoms with van der Waals surface area (Å²) < 4.78 is 5.28. The average molecular weight is 334 g/mol. The van der Waals surface area contributed by atoms with E-state index in [0.29, 0.717) is 5.56 Å². The van der Waals surface area contributed by atoms with Crippen molar-refractivity contribution in [3.8, 4) is 0 Å². The first-order valence-electron chi connectivity index (χ1n) is 8.28. The number of ether oxygens (including phenoxy) is 1. The first-order valence-corrected chi connectivity index (χ1v) is 8.28. The Morgan fingerprint density at radius 1 is 1.16 bits per heavy atom. The minimum atomic E-state index is -0.495. The molecule has 0 saturated heterocycles. The van der Waals surface area contributed by atoms with E-state index in [1.807, 2.05) is 55.5 Å². The molecule has 4 rings (SSSR count). The summed E-state index contributed by atoms with van der Waals surface area (Å²) in [6.07, 6.45) is 2.43. The molecule has 0 aliphatic carbocycles. The van der Waals surface area contributed by atoms with Gasteiger partial charge in [0.1, 0.15) is 0 Å². The minimum absolute atomic E-state index is 0.0664. The molecular weight excluding hydrogens is 316 g/mol. The van der Waals surface area contributed by atoms with Crippen LogP contribution in [0.25, 0.3) is 10.9 Å². The van der Waals surface area contributed by atoms with Crippen molar-refractivity contribution in [2.75, 3.05) is 11.5 Å². The third-order valence-corrected chi connectivity index (χ3v) is 4.61. The topological polar surface area (TPSA) is 62.4 Å². The van der Waals surface area contributed by atoms with Gasteiger partial charge in [-0.25, -0.2) is 4.79 Å². The summed E-state index contributed by atoms with van der Waals surface area (Å²) in [5.41, 5.74) is 3.36. The van der Waals surface area contributed by atoms with E-state index in [2.05, 4.69) is 4.98 Å². The Hall–Kier alpha value is -3.08. The number of carbonyl (C=O) groups is 2. The molecule has 5 heteroatoms. The van der Waals surface area contributed by atoms with Gasteiger partial charge in [-0.05, 0) is 31.0 Å². The van der Waals surface area contributed by atoms with Gasteiger partial charge in [0.15, 0.2) is 6.61 Å². The van der Waals surface area contributed by atoms with E-state index in [-0.39, 0.29) is 18.6 Å². The molecule has 0 unspecified atom stereocenters. The number of hydrogen-bond acceptors (Lipinski definition) is 3. The zero-order chi connectivity index (χ0) is 17.4. The molecule has 0 spiro atoms. The summed E-state index contributed by atoms with van der Waals surface area (Å²) in [5, 5.41) is 0.792. The van der Waals surface area contributed by atoms with E-state index in [0.717, 1.165) is 28.6 Å². The van der Waals surface area contributed by atoms with Crippen molar-refractivity contribution < 1.29 is 14.3 Å². The number of aromatic amines is 1. The van der Waals surface area contributed by atoms with Crippen molar-refractivity contribution >= 4 is 28.5 Å². The van der Waals surface area contributed by atoms with Gasteiger partial charge in [0.2, 0.25) is 0 Å². The summed E-state index contributed by atoms with van der Waals surface area (Å²) in [6.45, 7) is 1.73. The van der Waals surface area contributed by atoms with Crippen molar-refractivity contribution in [3.63, 3.8) is 0 Å². The fourth-order valence-corrected chi connectivity index (χ4v) is 3.46. The van der Waals surface area contributed by atoms with Gasteiger partial charge >= 0.3 is 5.97 Å². The molecule has 0 radical (unpaired) electrons. The van der Waals surface area contributed by atoms with Gasteiger partial charge in [-0.3, -0.25) is 4.79 Å². The van der Waals surface area contributed by atoms with E-state index in [4.69, 9.17) is 4.74 Å². The molecule has 2 aromatic carbocycles. The monoisotopic (exact) mass is 334 g/mol. The van der Waals surface area contributed by atoms with Gasteiger partial charge in [0.05, 0.1) is 5.56 Å². The lowest BCUT2D eigenvalue weighted by atomic mass is 10.1. The molecule has 1 N–H and O–H groups in total. The SMILES string of the molecule is C[C@H]1Cc2ccccc2N1C(=O)COC(=O)c1c[nH]c2ccccc12. The number of aromatic nitrogens is 1. The molecular formula is C20H18N2O3. The Morgan fingerprint density at radius 3 is 2.80 bits per heavy atom. The van der Waals surface area contributed by atoms with Gasteiger partial charge < -0.3 is 14.6 Å². The lowest BCUT2D eigenvalue weighted by Crippen LogP contribution is -2.38. The predicted molar refractivity (Wildman–Crippen MR) is 95.7 cm³/mol. The lowest BCUT2D eigenvalue weighted by Gasteiger charge is -2.22. The maximum Gasteiger partial charge on any atom is 0.340 e. The Balaban J connectivity index is 1.48. The summed E-state index contributed by atoms with van der Waals surface area (Å²) in [4.78, 5) is 29.7. The Kier molecular flexibility index (Phi) is 3.76. The third kappa shape index (κ3) is 2.67. The van der Waals surface area contributed by atoms with Gasteiger partial charge in [-0.1, -0.05) is 36.4 Å². The van der Waals surface area contributed by atoms with E-state index < -0.39 is 5.97 Å². The number of carbonyl (C=O) groups excluding carboxylic acids is 2. The zero-order valence-corrected chi connectivity index (χ0v) is 13.9. The molecule has 5 nitrogen and oxygen atoms in total. The molecule has 1 aliphatic heterocycles.